The predicted octanol–water partition coefficient (Wildman–Crippen LogP) is 4.00. The van der Waals surface area contributed by atoms with Gasteiger partial charge in [0.25, 0.3) is 5.91 Å². The van der Waals surface area contributed by atoms with Crippen LogP contribution in [0.15, 0.2) is 24.5 Å². The largest absolute Gasteiger partial charge is 0.480 e. The molecule has 4 bridgehead atoms. The summed E-state index contributed by atoms with van der Waals surface area (Å²) in [7, 11) is 1.40. The van der Waals surface area contributed by atoms with Gasteiger partial charge in [-0.2, -0.15) is 13.2 Å². The number of nitrogens with one attached hydrogen (secondary N) is 1. The van der Waals surface area contributed by atoms with Crippen molar-refractivity contribution in [1.82, 2.24) is 14.9 Å². The minimum Gasteiger partial charge on any atom is -0.480 e. The normalized spacial score (nSPS) is 32.3. The first-order chi connectivity index (χ1) is 21.5. The number of morpholine rings is 1. The zero-order valence-electron chi connectivity index (χ0n) is 24.9. The topological polar surface area (TPSA) is 123 Å². The van der Waals surface area contributed by atoms with Crippen molar-refractivity contribution in [1.29, 1.82) is 0 Å². The highest BCUT2D eigenvalue weighted by molar-refractivity contribution is 6.00. The molecule has 14 heteroatoms. The molecule has 242 valence electrons. The van der Waals surface area contributed by atoms with Gasteiger partial charge in [0.2, 0.25) is 11.8 Å². The van der Waals surface area contributed by atoms with Crippen LogP contribution >= 0.6 is 0 Å². The number of anilines is 2. The van der Waals surface area contributed by atoms with Gasteiger partial charge in [0.05, 0.1) is 31.8 Å². The van der Waals surface area contributed by atoms with Crippen molar-refractivity contribution in [2.75, 3.05) is 43.6 Å². The molecule has 2 heterocycles. The van der Waals surface area contributed by atoms with Crippen LogP contribution in [0.1, 0.15) is 60.9 Å². The van der Waals surface area contributed by atoms with Gasteiger partial charge in [-0.1, -0.05) is 0 Å². The molecule has 9 rings (SSSR count). The molecular formula is C31H36F4N6O4. The third-order valence-electron chi connectivity index (χ3n) is 10.9. The fourth-order valence-electron chi connectivity index (χ4n) is 9.11. The van der Waals surface area contributed by atoms with Gasteiger partial charge in [0.15, 0.2) is 0 Å². The number of carbonyl (C=O) groups is 2. The number of halogens is 4. The highest BCUT2D eigenvalue weighted by atomic mass is 19.4. The number of nitrogens with zero attached hydrogens (tertiary/aromatic N) is 4. The standard InChI is InChI=1S/C31H36F4N6O4/c1-44-28-23(25(36)42)26(37-16-38-28)41(30-13-29(14-30,15-30)40-8-10-45-11-9-40)24-18-4-2-17(3-5-18)22(24)27(43)39-19-6-7-21(32)20(12-19)31(33,34)35/h6-7,12,16-18,22,24H,2-5,8-11,13-15H2,1H3,(H2,36,42)(H,39,43). The SMILES string of the molecule is COc1ncnc(N(C2C3CCC(CC3)C2C(=O)Nc2ccc(F)c(C(F)(F)F)c2)C23CC(N4CCOCC4)(C2)C3)c1C(N)=O. The Balaban J connectivity index is 1.28. The highest BCUT2D eigenvalue weighted by Gasteiger charge is 2.74. The Labute approximate surface area is 257 Å². The van der Waals surface area contributed by atoms with Crippen LogP contribution in [0.5, 0.6) is 5.88 Å². The summed E-state index contributed by atoms with van der Waals surface area (Å²) in [5, 5.41) is 2.69. The van der Waals surface area contributed by atoms with E-state index in [1.54, 1.807) is 0 Å². The van der Waals surface area contributed by atoms with Crippen molar-refractivity contribution < 1.29 is 36.6 Å². The smallest absolute Gasteiger partial charge is 0.419 e. The van der Waals surface area contributed by atoms with E-state index in [1.807, 2.05) is 0 Å². The van der Waals surface area contributed by atoms with Gasteiger partial charge in [-0.25, -0.2) is 14.4 Å². The first-order valence-corrected chi connectivity index (χ1v) is 15.4. The zero-order valence-corrected chi connectivity index (χ0v) is 24.9. The van der Waals surface area contributed by atoms with Crippen molar-refractivity contribution >= 4 is 23.3 Å². The van der Waals surface area contributed by atoms with Gasteiger partial charge in [-0.3, -0.25) is 14.5 Å². The monoisotopic (exact) mass is 632 g/mol. The molecule has 45 heavy (non-hydrogen) atoms. The maximum atomic E-state index is 14.2. The molecule has 10 nitrogen and oxygen atoms in total. The van der Waals surface area contributed by atoms with Crippen LogP contribution in [0.3, 0.4) is 0 Å². The lowest BCUT2D eigenvalue weighted by Crippen LogP contribution is -2.86. The molecule has 1 aliphatic heterocycles. The molecule has 6 aliphatic carbocycles. The molecule has 2 atom stereocenters. The van der Waals surface area contributed by atoms with Crippen LogP contribution in [0, 0.1) is 23.6 Å². The first-order valence-electron chi connectivity index (χ1n) is 15.4. The Morgan fingerprint density at radius 3 is 2.38 bits per heavy atom. The van der Waals surface area contributed by atoms with E-state index in [0.717, 1.165) is 64.1 Å². The third-order valence-corrected chi connectivity index (χ3v) is 10.9. The second-order valence-electron chi connectivity index (χ2n) is 13.3. The predicted molar refractivity (Wildman–Crippen MR) is 154 cm³/mol. The Morgan fingerprint density at radius 2 is 1.76 bits per heavy atom. The second kappa shape index (κ2) is 10.8. The highest BCUT2D eigenvalue weighted by Crippen LogP contribution is 2.69. The van der Waals surface area contributed by atoms with Crippen LogP contribution in [-0.2, 0) is 15.7 Å². The summed E-state index contributed by atoms with van der Waals surface area (Å²) in [4.78, 5) is 40.4. The van der Waals surface area contributed by atoms with Crippen LogP contribution in [0.4, 0.5) is 29.1 Å². The molecule has 2 amide bonds. The Morgan fingerprint density at radius 1 is 1.09 bits per heavy atom. The number of hydrogen-bond acceptors (Lipinski definition) is 8. The summed E-state index contributed by atoms with van der Waals surface area (Å²) in [6, 6.07) is 2.09. The van der Waals surface area contributed by atoms with Crippen LogP contribution in [0.25, 0.3) is 0 Å². The van der Waals surface area contributed by atoms with Gasteiger partial charge in [0, 0.05) is 35.9 Å². The molecule has 0 spiro atoms. The fraction of sp³-hybridized carbons (Fsp3) is 0.613. The number of amides is 2. The molecule has 1 aromatic heterocycles. The molecular weight excluding hydrogens is 596 g/mol. The van der Waals surface area contributed by atoms with Crippen LogP contribution in [0.2, 0.25) is 0 Å². The maximum absolute atomic E-state index is 14.2. The van der Waals surface area contributed by atoms with Gasteiger partial charge in [0.1, 0.15) is 23.5 Å². The van der Waals surface area contributed by atoms with Crippen LogP contribution in [-0.4, -0.2) is 77.2 Å². The fourth-order valence-corrected chi connectivity index (χ4v) is 9.11. The molecule has 6 saturated carbocycles. The van der Waals surface area contributed by atoms with Crippen molar-refractivity contribution in [2.24, 2.45) is 23.5 Å². The number of benzene rings is 1. The Kier molecular flexibility index (Phi) is 7.23. The lowest BCUT2D eigenvalue weighted by atomic mass is 9.41. The van der Waals surface area contributed by atoms with E-state index in [1.165, 1.54) is 13.4 Å². The minimum atomic E-state index is -4.91. The Hall–Kier alpha value is -3.52. The molecule has 7 aliphatic rings. The van der Waals surface area contributed by atoms with Gasteiger partial charge in [-0.05, 0) is 75.0 Å². The summed E-state index contributed by atoms with van der Waals surface area (Å²) in [6.45, 7) is 3.00. The van der Waals surface area contributed by atoms with Crippen LogP contribution < -0.4 is 20.7 Å². The summed E-state index contributed by atoms with van der Waals surface area (Å²) in [5.41, 5.74) is 3.97. The van der Waals surface area contributed by atoms with Crippen molar-refractivity contribution in [2.45, 2.75) is 68.2 Å². The van der Waals surface area contributed by atoms with E-state index in [4.69, 9.17) is 15.2 Å². The molecule has 1 saturated heterocycles. The van der Waals surface area contributed by atoms with E-state index >= 15 is 0 Å². The molecule has 0 radical (unpaired) electrons. The number of carbonyl (C=O) groups excluding carboxylic acids is 2. The number of primary amides is 1. The van der Waals surface area contributed by atoms with E-state index in [9.17, 15) is 27.2 Å². The summed E-state index contributed by atoms with van der Waals surface area (Å²) in [5.74, 6) is -2.82. The van der Waals surface area contributed by atoms with E-state index in [-0.39, 0.29) is 34.5 Å². The number of alkyl halides is 3. The molecule has 2 aromatic rings. The lowest BCUT2D eigenvalue weighted by molar-refractivity contribution is -0.191. The Bertz CT molecular complexity index is 1490. The van der Waals surface area contributed by atoms with Crippen molar-refractivity contribution in [3.05, 3.63) is 41.5 Å². The number of hydrogen-bond donors (Lipinski definition) is 2. The number of fused-ring (bicyclic) bond motifs is 3. The van der Waals surface area contributed by atoms with Gasteiger partial charge < -0.3 is 25.4 Å². The average Bonchev–Trinajstić information content (AvgIpc) is 2.98. The number of ether oxygens (including phenoxy) is 2. The molecule has 2 unspecified atom stereocenters. The lowest BCUT2D eigenvalue weighted by Gasteiger charge is -2.78. The van der Waals surface area contributed by atoms with E-state index in [2.05, 4.69) is 25.1 Å². The van der Waals surface area contributed by atoms with Gasteiger partial charge in [-0.15, -0.1) is 0 Å². The quantitative estimate of drug-likeness (QED) is 0.419. The summed E-state index contributed by atoms with van der Waals surface area (Å²) in [6.07, 6.45) is 2.15. The zero-order chi connectivity index (χ0) is 31.7. The summed E-state index contributed by atoms with van der Waals surface area (Å²) < 4.78 is 65.5. The maximum Gasteiger partial charge on any atom is 0.419 e. The number of methoxy groups -OCH3 is 1. The van der Waals surface area contributed by atoms with E-state index in [0.29, 0.717) is 31.2 Å². The molecule has 1 aromatic carbocycles. The van der Waals surface area contributed by atoms with Crippen molar-refractivity contribution in [3.63, 3.8) is 0 Å². The number of nitrogens with two attached hydrogens (primary N) is 1. The van der Waals surface area contributed by atoms with Crippen molar-refractivity contribution in [3.8, 4) is 5.88 Å². The van der Waals surface area contributed by atoms with Gasteiger partial charge >= 0.3 is 6.18 Å². The number of rotatable bonds is 8. The number of aromatic nitrogens is 2. The second-order valence-corrected chi connectivity index (χ2v) is 13.3. The molecule has 3 N–H and O–H groups in total. The summed E-state index contributed by atoms with van der Waals surface area (Å²) >= 11 is 0. The van der Waals surface area contributed by atoms with E-state index < -0.39 is 46.9 Å². The average molecular weight is 633 g/mol. The first kappa shape index (κ1) is 30.2. The minimum absolute atomic E-state index is 0.000418. The third kappa shape index (κ3) is 4.82. The molecule has 7 fully saturated rings.